The molecule has 0 radical (unpaired) electrons. The minimum absolute atomic E-state index is 0. The predicted octanol–water partition coefficient (Wildman–Crippen LogP) is -1.28. The Hall–Kier alpha value is -0.840. The molecule has 0 saturated carbocycles. The van der Waals surface area contributed by atoms with E-state index in [2.05, 4.69) is 5.10 Å². The van der Waals surface area contributed by atoms with E-state index in [1.165, 1.54) is 11.3 Å². The van der Waals surface area contributed by atoms with Crippen molar-refractivity contribution in [2.75, 3.05) is 5.73 Å². The van der Waals surface area contributed by atoms with Crippen molar-refractivity contribution < 1.29 is 17.1 Å². The Morgan fingerprint density at radius 3 is 2.53 bits per heavy atom. The van der Waals surface area contributed by atoms with E-state index in [4.69, 9.17) is 17.3 Å². The molecule has 0 fully saturated rings. The topological polar surface area (TPSA) is 42.8 Å². The van der Waals surface area contributed by atoms with Gasteiger partial charge in [0.1, 0.15) is 12.1 Å². The van der Waals surface area contributed by atoms with E-state index in [-0.39, 0.29) is 12.4 Å². The SMILES string of the molecule is Nc1scn[n+]1Cc1ccc(Cl)cc1.[Cl-]. The normalized spacial score (nSPS) is 9.67. The molecule has 1 aromatic carbocycles. The highest BCUT2D eigenvalue weighted by molar-refractivity contribution is 7.12. The molecule has 0 atom stereocenters. The van der Waals surface area contributed by atoms with Crippen molar-refractivity contribution in [2.45, 2.75) is 6.54 Å². The van der Waals surface area contributed by atoms with Crippen molar-refractivity contribution in [3.63, 3.8) is 0 Å². The average molecular weight is 262 g/mol. The number of nitrogen functional groups attached to an aromatic ring is 1. The molecule has 1 heterocycles. The number of nitrogens with zero attached hydrogens (tertiary/aromatic N) is 2. The maximum Gasteiger partial charge on any atom is 0.354 e. The van der Waals surface area contributed by atoms with Crippen LogP contribution in [0.25, 0.3) is 0 Å². The third-order valence-electron chi connectivity index (χ3n) is 1.86. The summed E-state index contributed by atoms with van der Waals surface area (Å²) < 4.78 is 1.76. The lowest BCUT2D eigenvalue weighted by Gasteiger charge is -1.97. The standard InChI is InChI=1S/C9H8ClN3S.ClH/c10-8-3-1-7(2-4-8)5-13-9(11)14-6-12-13;/h1-4,6,11H,5H2;1H. The summed E-state index contributed by atoms with van der Waals surface area (Å²) >= 11 is 7.21. The van der Waals surface area contributed by atoms with Crippen molar-refractivity contribution in [3.8, 4) is 0 Å². The fourth-order valence-corrected chi connectivity index (χ4v) is 1.76. The number of halogens is 2. The molecule has 0 amide bonds. The molecule has 0 spiro atoms. The van der Waals surface area contributed by atoms with Gasteiger partial charge in [-0.25, -0.2) is 0 Å². The van der Waals surface area contributed by atoms with E-state index < -0.39 is 0 Å². The fourth-order valence-electron chi connectivity index (χ4n) is 1.13. The van der Waals surface area contributed by atoms with Crippen molar-refractivity contribution in [2.24, 2.45) is 0 Å². The molecule has 80 valence electrons. The number of nitrogens with two attached hydrogens (primary N) is 1. The molecule has 0 aliphatic carbocycles. The quantitative estimate of drug-likeness (QED) is 0.685. The predicted molar refractivity (Wildman–Crippen MR) is 57.3 cm³/mol. The first-order valence-electron chi connectivity index (χ1n) is 4.09. The van der Waals surface area contributed by atoms with Gasteiger partial charge in [-0.3, -0.25) is 5.73 Å². The van der Waals surface area contributed by atoms with E-state index in [0.29, 0.717) is 11.7 Å². The second kappa shape index (κ2) is 5.30. The van der Waals surface area contributed by atoms with Gasteiger partial charge in [-0.1, -0.05) is 28.8 Å². The van der Waals surface area contributed by atoms with E-state index in [1.54, 1.807) is 10.2 Å². The Kier molecular flexibility index (Phi) is 4.32. The molecule has 0 saturated heterocycles. The van der Waals surface area contributed by atoms with Crippen LogP contribution in [0.5, 0.6) is 0 Å². The Morgan fingerprint density at radius 2 is 2.00 bits per heavy atom. The molecule has 1 aromatic heterocycles. The first-order chi connectivity index (χ1) is 6.75. The Balaban J connectivity index is 0.00000112. The van der Waals surface area contributed by atoms with Gasteiger partial charge in [0, 0.05) is 5.02 Å². The van der Waals surface area contributed by atoms with Gasteiger partial charge in [-0.15, -0.1) is 4.68 Å². The summed E-state index contributed by atoms with van der Waals surface area (Å²) in [6, 6.07) is 7.66. The minimum atomic E-state index is 0. The third-order valence-corrected chi connectivity index (χ3v) is 2.76. The molecule has 2 N–H and O–H groups in total. The van der Waals surface area contributed by atoms with Crippen LogP contribution in [0.2, 0.25) is 5.02 Å². The first kappa shape index (κ1) is 12.2. The highest BCUT2D eigenvalue weighted by atomic mass is 35.5. The average Bonchev–Trinajstić information content (AvgIpc) is 2.56. The molecule has 6 heteroatoms. The Morgan fingerprint density at radius 1 is 1.33 bits per heavy atom. The highest BCUT2D eigenvalue weighted by Crippen LogP contribution is 2.10. The molecular formula is C9H9Cl2N3S. The smallest absolute Gasteiger partial charge is 0.354 e. The van der Waals surface area contributed by atoms with Crippen LogP contribution in [0.3, 0.4) is 0 Å². The summed E-state index contributed by atoms with van der Waals surface area (Å²) in [4.78, 5) is 0. The molecule has 0 bridgehead atoms. The van der Waals surface area contributed by atoms with Crippen LogP contribution >= 0.6 is 22.9 Å². The molecule has 2 rings (SSSR count). The summed E-state index contributed by atoms with van der Waals surface area (Å²) in [6.45, 7) is 0.687. The van der Waals surface area contributed by atoms with Crippen molar-refractivity contribution in [1.29, 1.82) is 0 Å². The molecule has 0 aliphatic rings. The van der Waals surface area contributed by atoms with Crippen LogP contribution in [-0.2, 0) is 6.54 Å². The van der Waals surface area contributed by atoms with Crippen LogP contribution in [0.4, 0.5) is 5.13 Å². The molecule has 0 aliphatic heterocycles. The van der Waals surface area contributed by atoms with E-state index >= 15 is 0 Å². The van der Waals surface area contributed by atoms with Crippen molar-refractivity contribution in [1.82, 2.24) is 5.10 Å². The summed E-state index contributed by atoms with van der Waals surface area (Å²) in [6.07, 6.45) is 0. The largest absolute Gasteiger partial charge is 1.00 e. The zero-order chi connectivity index (χ0) is 9.97. The summed E-state index contributed by atoms with van der Waals surface area (Å²) in [5, 5.41) is 5.56. The highest BCUT2D eigenvalue weighted by Gasteiger charge is 2.07. The number of rotatable bonds is 2. The van der Waals surface area contributed by atoms with Crippen LogP contribution in [0.15, 0.2) is 29.8 Å². The minimum Gasteiger partial charge on any atom is -1.00 e. The van der Waals surface area contributed by atoms with Crippen molar-refractivity contribution >= 4 is 28.1 Å². The second-order valence-corrected chi connectivity index (χ2v) is 4.16. The fraction of sp³-hybridized carbons (Fsp3) is 0.111. The van der Waals surface area contributed by atoms with Gasteiger partial charge in [0.25, 0.3) is 0 Å². The first-order valence-corrected chi connectivity index (χ1v) is 5.35. The molecule has 3 nitrogen and oxygen atoms in total. The lowest BCUT2D eigenvalue weighted by molar-refractivity contribution is -0.727. The Labute approximate surface area is 103 Å². The zero-order valence-electron chi connectivity index (χ0n) is 7.73. The monoisotopic (exact) mass is 261 g/mol. The van der Waals surface area contributed by atoms with Gasteiger partial charge >= 0.3 is 5.13 Å². The molecular weight excluding hydrogens is 253 g/mol. The molecule has 2 aromatic rings. The summed E-state index contributed by atoms with van der Waals surface area (Å²) in [7, 11) is 0. The van der Waals surface area contributed by atoms with Gasteiger partial charge in [0.2, 0.25) is 0 Å². The lowest BCUT2D eigenvalue weighted by atomic mass is 10.2. The van der Waals surface area contributed by atoms with Crippen LogP contribution in [0.1, 0.15) is 5.56 Å². The molecule has 0 unspecified atom stereocenters. The van der Waals surface area contributed by atoms with Gasteiger partial charge in [0.15, 0.2) is 0 Å². The number of aromatic nitrogens is 2. The van der Waals surface area contributed by atoms with Crippen LogP contribution in [0, 0.1) is 0 Å². The number of hydrogen-bond donors (Lipinski definition) is 1. The number of hydrogen-bond acceptors (Lipinski definition) is 3. The lowest BCUT2D eigenvalue weighted by Crippen LogP contribution is -3.00. The number of anilines is 1. The Bertz CT molecular complexity index is 427. The van der Waals surface area contributed by atoms with E-state index in [1.807, 2.05) is 24.3 Å². The maximum atomic E-state index is 5.78. The van der Waals surface area contributed by atoms with Crippen LogP contribution < -0.4 is 22.8 Å². The number of benzene rings is 1. The van der Waals surface area contributed by atoms with E-state index in [9.17, 15) is 0 Å². The van der Waals surface area contributed by atoms with Gasteiger partial charge in [0.05, 0.1) is 0 Å². The summed E-state index contributed by atoms with van der Waals surface area (Å²) in [5.74, 6) is 0. The second-order valence-electron chi connectivity index (χ2n) is 2.86. The van der Waals surface area contributed by atoms with E-state index in [0.717, 1.165) is 10.6 Å². The van der Waals surface area contributed by atoms with Gasteiger partial charge < -0.3 is 12.4 Å². The van der Waals surface area contributed by atoms with Crippen LogP contribution in [-0.4, -0.2) is 5.10 Å². The van der Waals surface area contributed by atoms with Gasteiger partial charge in [-0.2, -0.15) is 0 Å². The molecule has 15 heavy (non-hydrogen) atoms. The maximum absolute atomic E-state index is 5.78. The van der Waals surface area contributed by atoms with Crippen molar-refractivity contribution in [3.05, 3.63) is 40.4 Å². The summed E-state index contributed by atoms with van der Waals surface area (Å²) in [5.41, 5.74) is 8.57. The zero-order valence-corrected chi connectivity index (χ0v) is 10.1. The third kappa shape index (κ3) is 3.06. The van der Waals surface area contributed by atoms with Gasteiger partial charge in [-0.05, 0) is 29.0 Å².